The highest BCUT2D eigenvalue weighted by Gasteiger charge is 2.25. The molecule has 1 aliphatic heterocycles. The molecular weight excluding hydrogens is 386 g/mol. The Morgan fingerprint density at radius 1 is 1.15 bits per heavy atom. The molecule has 1 aromatic heterocycles. The van der Waals surface area contributed by atoms with Crippen molar-refractivity contribution in [1.29, 1.82) is 0 Å². The second kappa shape index (κ2) is 9.21. The summed E-state index contributed by atoms with van der Waals surface area (Å²) in [5, 5.41) is 0.523. The number of benzene rings is 1. The topological polar surface area (TPSA) is 54.8 Å². The van der Waals surface area contributed by atoms with E-state index < -0.39 is 10.0 Å². The quantitative estimate of drug-likeness (QED) is 0.670. The van der Waals surface area contributed by atoms with E-state index in [0.29, 0.717) is 18.1 Å². The summed E-state index contributed by atoms with van der Waals surface area (Å²) in [6.45, 7) is 4.98. The van der Waals surface area contributed by atoms with Crippen LogP contribution in [0.4, 0.5) is 0 Å². The highest BCUT2D eigenvalue weighted by atomic mass is 35.5. The van der Waals surface area contributed by atoms with Gasteiger partial charge >= 0.3 is 0 Å². The normalized spacial score (nSPS) is 16.1. The first-order valence-corrected chi connectivity index (χ1v) is 10.9. The predicted octanol–water partition coefficient (Wildman–Crippen LogP) is 2.59. The number of ether oxygens (including phenoxy) is 1. The van der Waals surface area contributed by atoms with Crippen LogP contribution >= 0.6 is 11.6 Å². The monoisotopic (exact) mass is 411 g/mol. The van der Waals surface area contributed by atoms with E-state index >= 15 is 0 Å². The molecule has 0 saturated carbocycles. The van der Waals surface area contributed by atoms with Crippen LogP contribution in [0.15, 0.2) is 47.5 Å². The van der Waals surface area contributed by atoms with Crippen LogP contribution in [0.3, 0.4) is 0 Å². The average molecular weight is 412 g/mol. The first kappa shape index (κ1) is 20.4. The summed E-state index contributed by atoms with van der Waals surface area (Å²) < 4.78 is 35.3. The SMILES string of the molecule is Cn1cccc1CN(CCCN1CCOCC1)S(=O)(=O)c1ccc(Cl)cc1. The molecule has 1 aliphatic rings. The molecule has 2 heterocycles. The Bertz CT molecular complexity index is 830. The molecule has 0 aliphatic carbocycles. The fraction of sp³-hybridized carbons (Fsp3) is 0.474. The molecule has 0 amide bonds. The maximum Gasteiger partial charge on any atom is 0.243 e. The van der Waals surface area contributed by atoms with Crippen LogP contribution in [0.25, 0.3) is 0 Å². The smallest absolute Gasteiger partial charge is 0.243 e. The number of morpholine rings is 1. The molecule has 0 bridgehead atoms. The van der Waals surface area contributed by atoms with E-state index in [1.807, 2.05) is 29.9 Å². The van der Waals surface area contributed by atoms with E-state index in [1.165, 1.54) is 0 Å². The van der Waals surface area contributed by atoms with Gasteiger partial charge in [-0.1, -0.05) is 11.6 Å². The van der Waals surface area contributed by atoms with Crippen LogP contribution < -0.4 is 0 Å². The lowest BCUT2D eigenvalue weighted by molar-refractivity contribution is 0.0368. The second-order valence-corrected chi connectivity index (χ2v) is 9.08. The third-order valence-corrected chi connectivity index (χ3v) is 6.94. The molecule has 1 aromatic carbocycles. The van der Waals surface area contributed by atoms with Crippen molar-refractivity contribution in [3.8, 4) is 0 Å². The van der Waals surface area contributed by atoms with Crippen molar-refractivity contribution in [2.24, 2.45) is 7.05 Å². The minimum Gasteiger partial charge on any atom is -0.379 e. The third-order valence-electron chi connectivity index (χ3n) is 4.83. The molecule has 0 N–H and O–H groups in total. The number of rotatable bonds is 8. The number of aryl methyl sites for hydroxylation is 1. The van der Waals surface area contributed by atoms with Crippen LogP contribution in [-0.2, 0) is 28.4 Å². The van der Waals surface area contributed by atoms with Crippen LogP contribution in [-0.4, -0.2) is 61.6 Å². The molecule has 0 radical (unpaired) electrons. The van der Waals surface area contributed by atoms with E-state index in [9.17, 15) is 8.42 Å². The lowest BCUT2D eigenvalue weighted by Gasteiger charge is -2.28. The Labute approximate surface area is 166 Å². The fourth-order valence-corrected chi connectivity index (χ4v) is 4.75. The molecule has 1 fully saturated rings. The van der Waals surface area contributed by atoms with Crippen LogP contribution in [0, 0.1) is 0 Å². The van der Waals surface area contributed by atoms with Gasteiger partial charge in [0, 0.05) is 43.6 Å². The minimum absolute atomic E-state index is 0.271. The van der Waals surface area contributed by atoms with E-state index in [2.05, 4.69) is 4.90 Å². The average Bonchev–Trinajstić information content (AvgIpc) is 3.07. The van der Waals surface area contributed by atoms with Gasteiger partial charge < -0.3 is 9.30 Å². The Balaban J connectivity index is 1.74. The van der Waals surface area contributed by atoms with Gasteiger partial charge in [0.05, 0.1) is 24.7 Å². The Kier molecular flexibility index (Phi) is 6.94. The third kappa shape index (κ3) is 5.33. The molecule has 6 nitrogen and oxygen atoms in total. The van der Waals surface area contributed by atoms with Crippen molar-refractivity contribution in [2.45, 2.75) is 17.9 Å². The van der Waals surface area contributed by atoms with Crippen molar-refractivity contribution >= 4 is 21.6 Å². The zero-order valence-electron chi connectivity index (χ0n) is 15.6. The van der Waals surface area contributed by atoms with Gasteiger partial charge in [0.25, 0.3) is 0 Å². The molecule has 1 saturated heterocycles. The van der Waals surface area contributed by atoms with E-state index in [4.69, 9.17) is 16.3 Å². The summed E-state index contributed by atoms with van der Waals surface area (Å²) in [4.78, 5) is 2.59. The van der Waals surface area contributed by atoms with Crippen LogP contribution in [0.2, 0.25) is 5.02 Å². The summed E-state index contributed by atoms with van der Waals surface area (Å²) in [5.74, 6) is 0. The first-order valence-electron chi connectivity index (χ1n) is 9.13. The van der Waals surface area contributed by atoms with Crippen LogP contribution in [0.1, 0.15) is 12.1 Å². The molecule has 0 atom stereocenters. The lowest BCUT2D eigenvalue weighted by atomic mass is 10.3. The second-order valence-electron chi connectivity index (χ2n) is 6.71. The zero-order valence-corrected chi connectivity index (χ0v) is 17.1. The van der Waals surface area contributed by atoms with Gasteiger partial charge in [0.15, 0.2) is 0 Å². The summed E-state index contributed by atoms with van der Waals surface area (Å²) in [7, 11) is -1.67. The standard InChI is InChI=1S/C19H26ClN3O3S/c1-21-9-2-4-18(21)16-23(11-3-10-22-12-14-26-15-13-22)27(24,25)19-7-5-17(20)6-8-19/h2,4-9H,3,10-16H2,1H3. The number of aromatic nitrogens is 1. The molecule has 0 unspecified atom stereocenters. The highest BCUT2D eigenvalue weighted by molar-refractivity contribution is 7.89. The van der Waals surface area contributed by atoms with Crippen molar-refractivity contribution < 1.29 is 13.2 Å². The lowest BCUT2D eigenvalue weighted by Crippen LogP contribution is -2.39. The van der Waals surface area contributed by atoms with E-state index in [0.717, 1.165) is 45.0 Å². The zero-order chi connectivity index (χ0) is 19.3. The minimum atomic E-state index is -3.60. The molecule has 0 spiro atoms. The van der Waals surface area contributed by atoms with Crippen LogP contribution in [0.5, 0.6) is 0 Å². The van der Waals surface area contributed by atoms with Crippen molar-refractivity contribution in [2.75, 3.05) is 39.4 Å². The molecule has 8 heteroatoms. The Morgan fingerprint density at radius 2 is 1.85 bits per heavy atom. The predicted molar refractivity (Wildman–Crippen MR) is 106 cm³/mol. The number of sulfonamides is 1. The fourth-order valence-electron chi connectivity index (χ4n) is 3.18. The summed E-state index contributed by atoms with van der Waals surface area (Å²) in [5.41, 5.74) is 0.957. The summed E-state index contributed by atoms with van der Waals surface area (Å²) >= 11 is 5.92. The highest BCUT2D eigenvalue weighted by Crippen LogP contribution is 2.21. The first-order chi connectivity index (χ1) is 13.0. The molecule has 3 rings (SSSR count). The number of hydrogen-bond donors (Lipinski definition) is 0. The number of hydrogen-bond acceptors (Lipinski definition) is 4. The van der Waals surface area contributed by atoms with Gasteiger partial charge in [-0.05, 0) is 49.4 Å². The summed E-state index contributed by atoms with van der Waals surface area (Å²) in [6, 6.07) is 10.2. The van der Waals surface area contributed by atoms with E-state index in [1.54, 1.807) is 28.6 Å². The van der Waals surface area contributed by atoms with Crippen molar-refractivity contribution in [3.05, 3.63) is 53.3 Å². The van der Waals surface area contributed by atoms with Gasteiger partial charge in [-0.2, -0.15) is 4.31 Å². The molecule has 148 valence electrons. The summed E-state index contributed by atoms with van der Waals surface area (Å²) in [6.07, 6.45) is 2.70. The van der Waals surface area contributed by atoms with Crippen molar-refractivity contribution in [1.82, 2.24) is 13.8 Å². The Hall–Kier alpha value is -1.38. The van der Waals surface area contributed by atoms with Gasteiger partial charge in [0.1, 0.15) is 0 Å². The number of nitrogens with zero attached hydrogens (tertiary/aromatic N) is 3. The molecule has 2 aromatic rings. The molecular formula is C19H26ClN3O3S. The molecule has 27 heavy (non-hydrogen) atoms. The number of halogens is 1. The van der Waals surface area contributed by atoms with Gasteiger partial charge in [-0.3, -0.25) is 4.90 Å². The van der Waals surface area contributed by atoms with Gasteiger partial charge in [0.2, 0.25) is 10.0 Å². The van der Waals surface area contributed by atoms with Gasteiger partial charge in [-0.15, -0.1) is 0 Å². The Morgan fingerprint density at radius 3 is 2.48 bits per heavy atom. The largest absolute Gasteiger partial charge is 0.379 e. The van der Waals surface area contributed by atoms with Crippen molar-refractivity contribution in [3.63, 3.8) is 0 Å². The van der Waals surface area contributed by atoms with Gasteiger partial charge in [-0.25, -0.2) is 8.42 Å². The maximum absolute atomic E-state index is 13.2. The maximum atomic E-state index is 13.2. The van der Waals surface area contributed by atoms with E-state index in [-0.39, 0.29) is 4.90 Å².